The van der Waals surface area contributed by atoms with Crippen LogP contribution in [0.3, 0.4) is 0 Å². The minimum atomic E-state index is -4.51. The van der Waals surface area contributed by atoms with Gasteiger partial charge < -0.3 is 9.64 Å². The molecular formula is C23H22F4N6O2. The van der Waals surface area contributed by atoms with Crippen LogP contribution in [-0.2, 0) is 6.18 Å². The summed E-state index contributed by atoms with van der Waals surface area (Å²) in [6.45, 7) is 1.02. The summed E-state index contributed by atoms with van der Waals surface area (Å²) in [6.07, 6.45) is 0.377. The van der Waals surface area contributed by atoms with Crippen LogP contribution in [0.25, 0.3) is 5.69 Å². The van der Waals surface area contributed by atoms with Gasteiger partial charge in [0.25, 0.3) is 5.91 Å². The van der Waals surface area contributed by atoms with Crippen LogP contribution in [0.2, 0.25) is 0 Å². The Kier molecular flexibility index (Phi) is 5.89. The second kappa shape index (κ2) is 8.90. The van der Waals surface area contributed by atoms with Gasteiger partial charge in [0, 0.05) is 18.0 Å². The first-order valence-corrected chi connectivity index (χ1v) is 11.2. The van der Waals surface area contributed by atoms with E-state index in [1.54, 1.807) is 19.1 Å². The second-order valence-corrected chi connectivity index (χ2v) is 8.75. The highest BCUT2D eigenvalue weighted by molar-refractivity contribution is 5.96. The van der Waals surface area contributed by atoms with Gasteiger partial charge in [-0.25, -0.2) is 14.4 Å². The number of carbonyl (C=O) groups is 1. The van der Waals surface area contributed by atoms with E-state index in [1.165, 1.54) is 22.1 Å². The lowest BCUT2D eigenvalue weighted by Crippen LogP contribution is -2.65. The molecular weight excluding hydrogens is 468 g/mol. The predicted octanol–water partition coefficient (Wildman–Crippen LogP) is 3.79. The molecule has 3 aromatic heterocycles. The molecule has 12 heteroatoms. The summed E-state index contributed by atoms with van der Waals surface area (Å²) >= 11 is 0. The van der Waals surface area contributed by atoms with Crippen molar-refractivity contribution in [3.8, 4) is 11.6 Å². The van der Waals surface area contributed by atoms with Gasteiger partial charge in [-0.1, -0.05) is 0 Å². The molecule has 184 valence electrons. The maximum atomic E-state index is 14.2. The molecule has 1 amide bonds. The average molecular weight is 490 g/mol. The Balaban J connectivity index is 1.45. The van der Waals surface area contributed by atoms with Gasteiger partial charge in [0.15, 0.2) is 5.69 Å². The number of carbonyl (C=O) groups excluding carboxylic acids is 1. The Labute approximate surface area is 197 Å². The lowest BCUT2D eigenvalue weighted by molar-refractivity contribution is -0.137. The first-order valence-electron chi connectivity index (χ1n) is 11.2. The number of rotatable bonds is 5. The topological polar surface area (TPSA) is 86.0 Å². The minimum absolute atomic E-state index is 0.0230. The lowest BCUT2D eigenvalue weighted by Gasteiger charge is -2.53. The summed E-state index contributed by atoms with van der Waals surface area (Å²) in [5.74, 6) is -0.605. The molecule has 0 spiro atoms. The maximum Gasteiger partial charge on any atom is 0.417 e. The number of ether oxygens (including phenoxy) is 1. The summed E-state index contributed by atoms with van der Waals surface area (Å²) in [4.78, 5) is 24.8. The van der Waals surface area contributed by atoms with Gasteiger partial charge in [0.1, 0.15) is 18.5 Å². The number of fused-ring (bicyclic) bond motifs is 3. The average Bonchev–Trinajstić information content (AvgIpc) is 3.38. The zero-order chi connectivity index (χ0) is 24.7. The van der Waals surface area contributed by atoms with Crippen LogP contribution in [0.5, 0.6) is 5.88 Å². The highest BCUT2D eigenvalue weighted by Gasteiger charge is 2.51. The van der Waals surface area contributed by atoms with Gasteiger partial charge in [-0.2, -0.15) is 23.4 Å². The highest BCUT2D eigenvalue weighted by atomic mass is 19.4. The van der Waals surface area contributed by atoms with Crippen LogP contribution in [0, 0.1) is 12.8 Å². The van der Waals surface area contributed by atoms with Crippen LogP contribution in [0.4, 0.5) is 17.6 Å². The fraction of sp³-hybridized carbons (Fsp3) is 0.435. The first-order chi connectivity index (χ1) is 16.8. The van der Waals surface area contributed by atoms with E-state index in [0.717, 1.165) is 18.6 Å². The molecule has 2 saturated heterocycles. The summed E-state index contributed by atoms with van der Waals surface area (Å²) in [5, 5.41) is 8.19. The van der Waals surface area contributed by atoms with E-state index >= 15 is 0 Å². The Morgan fingerprint density at radius 1 is 1.14 bits per heavy atom. The molecule has 3 aliphatic rings. The number of piperidine rings is 2. The molecule has 1 aliphatic carbocycles. The van der Waals surface area contributed by atoms with Crippen LogP contribution in [-0.4, -0.2) is 60.6 Å². The van der Waals surface area contributed by atoms with Gasteiger partial charge in [-0.05, 0) is 50.3 Å². The predicted molar refractivity (Wildman–Crippen MR) is 115 cm³/mol. The molecule has 2 aliphatic heterocycles. The Morgan fingerprint density at radius 3 is 2.57 bits per heavy atom. The third-order valence-electron chi connectivity index (χ3n) is 6.63. The summed E-state index contributed by atoms with van der Waals surface area (Å²) in [7, 11) is 0. The molecule has 0 aromatic carbocycles. The first kappa shape index (κ1) is 23.2. The van der Waals surface area contributed by atoms with E-state index in [4.69, 9.17) is 4.74 Å². The number of hydrogen-bond donors (Lipinski definition) is 0. The quantitative estimate of drug-likeness (QED) is 0.506. The number of aryl methyl sites for hydroxylation is 1. The van der Waals surface area contributed by atoms with Gasteiger partial charge >= 0.3 is 6.18 Å². The van der Waals surface area contributed by atoms with Crippen molar-refractivity contribution in [1.82, 2.24) is 29.9 Å². The number of alkyl halides is 4. The highest BCUT2D eigenvalue weighted by Crippen LogP contribution is 2.42. The molecule has 4 atom stereocenters. The van der Waals surface area contributed by atoms with Crippen molar-refractivity contribution in [1.29, 1.82) is 0 Å². The van der Waals surface area contributed by atoms with Crippen molar-refractivity contribution < 1.29 is 27.1 Å². The normalized spacial score (nSPS) is 24.0. The fourth-order valence-electron chi connectivity index (χ4n) is 5.02. The van der Waals surface area contributed by atoms with Crippen molar-refractivity contribution in [2.24, 2.45) is 5.92 Å². The SMILES string of the molecule is Cc1ccc(-n2nccn2)c(C(=O)N2[C@H](CF)[C@@H]3CC[C@H]2[C@H](Oc2ccc(C(F)(F)F)cn2)C3)n1. The zero-order valence-electron chi connectivity index (χ0n) is 18.7. The zero-order valence-corrected chi connectivity index (χ0v) is 18.7. The van der Waals surface area contributed by atoms with Crippen molar-refractivity contribution in [3.63, 3.8) is 0 Å². The number of pyridine rings is 2. The molecule has 0 N–H and O–H groups in total. The number of aromatic nitrogens is 5. The molecule has 1 saturated carbocycles. The lowest BCUT2D eigenvalue weighted by atomic mass is 9.73. The molecule has 6 rings (SSSR count). The van der Waals surface area contributed by atoms with E-state index in [9.17, 15) is 22.4 Å². The van der Waals surface area contributed by atoms with Crippen molar-refractivity contribution in [3.05, 3.63) is 59.8 Å². The smallest absolute Gasteiger partial charge is 0.417 e. The van der Waals surface area contributed by atoms with E-state index in [1.807, 2.05) is 0 Å². The number of halogens is 4. The monoisotopic (exact) mass is 490 g/mol. The van der Waals surface area contributed by atoms with Crippen LogP contribution < -0.4 is 4.74 Å². The van der Waals surface area contributed by atoms with E-state index in [2.05, 4.69) is 20.2 Å². The summed E-state index contributed by atoms with van der Waals surface area (Å²) in [6, 6.07) is 4.33. The minimum Gasteiger partial charge on any atom is -0.472 e. The number of amides is 1. The molecule has 3 aromatic rings. The van der Waals surface area contributed by atoms with Crippen LogP contribution >= 0.6 is 0 Å². The molecule has 35 heavy (non-hydrogen) atoms. The summed E-state index contributed by atoms with van der Waals surface area (Å²) in [5.41, 5.74) is 0.185. The van der Waals surface area contributed by atoms with Crippen molar-refractivity contribution >= 4 is 5.91 Å². The molecule has 3 fully saturated rings. The number of nitrogens with zero attached hydrogens (tertiary/aromatic N) is 6. The molecule has 5 heterocycles. The van der Waals surface area contributed by atoms with Crippen LogP contribution in [0.15, 0.2) is 42.9 Å². The second-order valence-electron chi connectivity index (χ2n) is 8.75. The Hall–Kier alpha value is -3.57. The summed E-state index contributed by atoms with van der Waals surface area (Å²) < 4.78 is 58.8. The largest absolute Gasteiger partial charge is 0.472 e. The van der Waals surface area contributed by atoms with E-state index in [-0.39, 0.29) is 17.5 Å². The molecule has 2 bridgehead atoms. The van der Waals surface area contributed by atoms with Crippen molar-refractivity contribution in [2.45, 2.75) is 50.6 Å². The van der Waals surface area contributed by atoms with E-state index < -0.39 is 42.5 Å². The fourth-order valence-corrected chi connectivity index (χ4v) is 5.02. The third-order valence-corrected chi connectivity index (χ3v) is 6.63. The standard InChI is InChI=1S/C23H22F4N6O2/c1-13-2-5-17(33-29-8-9-30-33)21(31-13)22(34)32-16-6-3-14(18(32)11-24)10-19(16)35-20-7-4-15(12-28-20)23(25,26)27/h2,4-5,7-9,12,14,16,18-19H,3,6,10-11H2,1H3/t14-,16+,18-,19-/m1/s1. The number of hydrogen-bond acceptors (Lipinski definition) is 6. The van der Waals surface area contributed by atoms with Crippen molar-refractivity contribution in [2.75, 3.05) is 6.67 Å². The Bertz CT molecular complexity index is 1200. The van der Waals surface area contributed by atoms with E-state index in [0.29, 0.717) is 30.4 Å². The van der Waals surface area contributed by atoms with Gasteiger partial charge in [0.05, 0.1) is 30.0 Å². The molecule has 0 radical (unpaired) electrons. The molecule has 8 nitrogen and oxygen atoms in total. The van der Waals surface area contributed by atoms with Gasteiger partial charge in [-0.3, -0.25) is 4.79 Å². The van der Waals surface area contributed by atoms with Gasteiger partial charge in [-0.15, -0.1) is 4.80 Å². The molecule has 0 unspecified atom stereocenters. The van der Waals surface area contributed by atoms with Gasteiger partial charge in [0.2, 0.25) is 5.88 Å². The van der Waals surface area contributed by atoms with Crippen LogP contribution in [0.1, 0.15) is 41.0 Å². The maximum absolute atomic E-state index is 14.2. The third kappa shape index (κ3) is 4.32. The Morgan fingerprint density at radius 2 is 1.91 bits per heavy atom.